The van der Waals surface area contributed by atoms with E-state index in [4.69, 9.17) is 4.74 Å². The van der Waals surface area contributed by atoms with Crippen molar-refractivity contribution in [2.45, 2.75) is 39.8 Å². The van der Waals surface area contributed by atoms with Crippen molar-refractivity contribution in [3.05, 3.63) is 23.8 Å². The number of likely N-dealkylation sites (tertiary alicyclic amines) is 1. The second-order valence-electron chi connectivity index (χ2n) is 7.16. The fraction of sp³-hybridized carbons (Fsp3) is 0.706. The standard InChI is InChI=1S/C17H26N4O2/c1-13(2)21-11-17(12-23-9-16(21)22)5-7-20(10-17)8-15-4-6-18-14(3)19-15/h4,6,13H,5,7-12H2,1-3H3. The maximum atomic E-state index is 12.2. The van der Waals surface area contributed by atoms with Gasteiger partial charge in [0.1, 0.15) is 12.4 Å². The molecule has 1 atom stereocenters. The first-order valence-electron chi connectivity index (χ1n) is 8.36. The van der Waals surface area contributed by atoms with E-state index in [9.17, 15) is 4.79 Å². The van der Waals surface area contributed by atoms with Crippen molar-refractivity contribution in [1.82, 2.24) is 19.8 Å². The highest BCUT2D eigenvalue weighted by atomic mass is 16.5. The third-order valence-electron chi connectivity index (χ3n) is 4.82. The predicted molar refractivity (Wildman–Crippen MR) is 86.8 cm³/mol. The maximum Gasteiger partial charge on any atom is 0.248 e. The summed E-state index contributed by atoms with van der Waals surface area (Å²) in [5.74, 6) is 0.924. The molecular weight excluding hydrogens is 292 g/mol. The van der Waals surface area contributed by atoms with E-state index < -0.39 is 0 Å². The van der Waals surface area contributed by atoms with Crippen LogP contribution in [0.4, 0.5) is 0 Å². The first kappa shape index (κ1) is 16.3. The molecule has 1 spiro atoms. The zero-order valence-corrected chi connectivity index (χ0v) is 14.3. The lowest BCUT2D eigenvalue weighted by molar-refractivity contribution is -0.135. The smallest absolute Gasteiger partial charge is 0.248 e. The quantitative estimate of drug-likeness (QED) is 0.839. The Morgan fingerprint density at radius 2 is 2.22 bits per heavy atom. The zero-order valence-electron chi connectivity index (χ0n) is 14.3. The van der Waals surface area contributed by atoms with Gasteiger partial charge in [0, 0.05) is 37.3 Å². The second-order valence-corrected chi connectivity index (χ2v) is 7.16. The highest BCUT2D eigenvalue weighted by molar-refractivity contribution is 5.78. The normalized spacial score (nSPS) is 26.3. The first-order chi connectivity index (χ1) is 11.0. The molecule has 1 amide bonds. The van der Waals surface area contributed by atoms with Crippen LogP contribution in [-0.2, 0) is 16.1 Å². The molecule has 0 aromatic carbocycles. The molecule has 0 saturated carbocycles. The SMILES string of the molecule is Cc1nccc(CN2CCC3(COCC(=O)N(C(C)C)C3)C2)n1. The van der Waals surface area contributed by atoms with E-state index in [0.29, 0.717) is 6.61 Å². The van der Waals surface area contributed by atoms with Crippen LogP contribution in [0.3, 0.4) is 0 Å². The lowest BCUT2D eigenvalue weighted by Crippen LogP contribution is -2.45. The average Bonchev–Trinajstić information content (AvgIpc) is 2.79. The summed E-state index contributed by atoms with van der Waals surface area (Å²) >= 11 is 0. The molecule has 0 radical (unpaired) electrons. The Morgan fingerprint density at radius 1 is 1.39 bits per heavy atom. The third-order valence-corrected chi connectivity index (χ3v) is 4.82. The minimum atomic E-state index is 0.0541. The molecule has 2 aliphatic heterocycles. The lowest BCUT2D eigenvalue weighted by atomic mass is 9.87. The predicted octanol–water partition coefficient (Wildman–Crippen LogP) is 1.24. The Morgan fingerprint density at radius 3 is 2.96 bits per heavy atom. The minimum Gasteiger partial charge on any atom is -0.371 e. The Hall–Kier alpha value is -1.53. The van der Waals surface area contributed by atoms with Crippen molar-refractivity contribution in [3.63, 3.8) is 0 Å². The number of aromatic nitrogens is 2. The molecular formula is C17H26N4O2. The van der Waals surface area contributed by atoms with Crippen molar-refractivity contribution in [3.8, 4) is 0 Å². The molecule has 1 unspecified atom stereocenters. The Labute approximate surface area is 137 Å². The molecule has 0 aliphatic carbocycles. The van der Waals surface area contributed by atoms with Gasteiger partial charge in [-0.2, -0.15) is 0 Å². The molecule has 2 aliphatic rings. The average molecular weight is 318 g/mol. The number of carbonyl (C=O) groups excluding carboxylic acids is 1. The number of aryl methyl sites for hydroxylation is 1. The topological polar surface area (TPSA) is 58.6 Å². The maximum absolute atomic E-state index is 12.2. The van der Waals surface area contributed by atoms with Crippen LogP contribution in [0.1, 0.15) is 31.8 Å². The van der Waals surface area contributed by atoms with E-state index in [1.807, 2.05) is 24.1 Å². The van der Waals surface area contributed by atoms with Crippen LogP contribution in [0, 0.1) is 12.3 Å². The van der Waals surface area contributed by atoms with Gasteiger partial charge < -0.3 is 9.64 Å². The van der Waals surface area contributed by atoms with Gasteiger partial charge in [-0.05, 0) is 39.8 Å². The lowest BCUT2D eigenvalue weighted by Gasteiger charge is -2.34. The second kappa shape index (κ2) is 6.53. The zero-order chi connectivity index (χ0) is 16.4. The molecule has 6 heteroatoms. The first-order valence-corrected chi connectivity index (χ1v) is 8.36. The van der Waals surface area contributed by atoms with Crippen LogP contribution in [0.15, 0.2) is 12.3 Å². The van der Waals surface area contributed by atoms with Gasteiger partial charge in [0.25, 0.3) is 0 Å². The monoisotopic (exact) mass is 318 g/mol. The minimum absolute atomic E-state index is 0.0541. The molecule has 3 rings (SSSR count). The summed E-state index contributed by atoms with van der Waals surface area (Å²) in [6, 6.07) is 2.20. The van der Waals surface area contributed by atoms with E-state index in [1.54, 1.807) is 0 Å². The van der Waals surface area contributed by atoms with Gasteiger partial charge in [-0.3, -0.25) is 9.69 Å². The number of hydrogen-bond donors (Lipinski definition) is 0. The fourth-order valence-electron chi connectivity index (χ4n) is 3.64. The van der Waals surface area contributed by atoms with Gasteiger partial charge in [0.05, 0.1) is 12.3 Å². The molecule has 2 fully saturated rings. The summed E-state index contributed by atoms with van der Waals surface area (Å²) in [6.45, 7) is 10.6. The summed E-state index contributed by atoms with van der Waals surface area (Å²) in [4.78, 5) is 25.2. The van der Waals surface area contributed by atoms with Crippen LogP contribution in [0.5, 0.6) is 0 Å². The molecule has 3 heterocycles. The summed E-state index contributed by atoms with van der Waals surface area (Å²) in [6.07, 6.45) is 2.88. The van der Waals surface area contributed by atoms with Gasteiger partial charge in [-0.25, -0.2) is 9.97 Å². The number of nitrogens with zero attached hydrogens (tertiary/aromatic N) is 4. The van der Waals surface area contributed by atoms with Crippen LogP contribution < -0.4 is 0 Å². The van der Waals surface area contributed by atoms with Gasteiger partial charge >= 0.3 is 0 Å². The molecule has 0 bridgehead atoms. The molecule has 2 saturated heterocycles. The molecule has 23 heavy (non-hydrogen) atoms. The molecule has 1 aromatic rings. The Balaban J connectivity index is 1.68. The van der Waals surface area contributed by atoms with E-state index >= 15 is 0 Å². The van der Waals surface area contributed by atoms with Gasteiger partial charge in [-0.15, -0.1) is 0 Å². The summed E-state index contributed by atoms with van der Waals surface area (Å²) in [5, 5.41) is 0. The van der Waals surface area contributed by atoms with Crippen molar-refractivity contribution in [2.75, 3.05) is 32.8 Å². The number of amides is 1. The van der Waals surface area contributed by atoms with Crippen molar-refractivity contribution in [2.24, 2.45) is 5.41 Å². The van der Waals surface area contributed by atoms with Crippen molar-refractivity contribution < 1.29 is 9.53 Å². The summed E-state index contributed by atoms with van der Waals surface area (Å²) in [5.41, 5.74) is 1.11. The Bertz CT molecular complexity index is 577. The molecule has 0 N–H and O–H groups in total. The summed E-state index contributed by atoms with van der Waals surface area (Å²) < 4.78 is 5.70. The summed E-state index contributed by atoms with van der Waals surface area (Å²) in [7, 11) is 0. The largest absolute Gasteiger partial charge is 0.371 e. The van der Waals surface area contributed by atoms with Crippen molar-refractivity contribution in [1.29, 1.82) is 0 Å². The van der Waals surface area contributed by atoms with Gasteiger partial charge in [0.2, 0.25) is 5.91 Å². The highest BCUT2D eigenvalue weighted by Gasteiger charge is 2.43. The van der Waals surface area contributed by atoms with Crippen molar-refractivity contribution >= 4 is 5.91 Å². The van der Waals surface area contributed by atoms with Gasteiger partial charge in [-0.1, -0.05) is 0 Å². The molecule has 1 aromatic heterocycles. The van der Waals surface area contributed by atoms with E-state index in [0.717, 1.165) is 44.1 Å². The number of hydrogen-bond acceptors (Lipinski definition) is 5. The van der Waals surface area contributed by atoms with Crippen LogP contribution >= 0.6 is 0 Å². The van der Waals surface area contributed by atoms with E-state index in [-0.39, 0.29) is 24.0 Å². The van der Waals surface area contributed by atoms with Gasteiger partial charge in [0.15, 0.2) is 0 Å². The third kappa shape index (κ3) is 3.70. The number of rotatable bonds is 3. The number of ether oxygens (including phenoxy) is 1. The van der Waals surface area contributed by atoms with E-state index in [1.165, 1.54) is 0 Å². The van der Waals surface area contributed by atoms with Crippen LogP contribution in [0.25, 0.3) is 0 Å². The fourth-order valence-corrected chi connectivity index (χ4v) is 3.64. The molecule has 126 valence electrons. The van der Waals surface area contributed by atoms with E-state index in [2.05, 4.69) is 28.7 Å². The van der Waals surface area contributed by atoms with Crippen LogP contribution in [-0.4, -0.2) is 64.6 Å². The highest BCUT2D eigenvalue weighted by Crippen LogP contribution is 2.34. The molecule has 6 nitrogen and oxygen atoms in total. The number of carbonyl (C=O) groups is 1. The Kier molecular flexibility index (Phi) is 4.64. The van der Waals surface area contributed by atoms with Crippen LogP contribution in [0.2, 0.25) is 0 Å².